The van der Waals surface area contributed by atoms with Crippen LogP contribution in [0.1, 0.15) is 24.7 Å². The highest BCUT2D eigenvalue weighted by atomic mass is 32.1. The van der Waals surface area contributed by atoms with Crippen molar-refractivity contribution >= 4 is 17.6 Å². The molecule has 1 heterocycles. The first-order valence-electron chi connectivity index (χ1n) is 3.74. The fourth-order valence-corrected chi connectivity index (χ4v) is 1.58. The molecule has 0 fully saturated rings. The van der Waals surface area contributed by atoms with Crippen LogP contribution in [0.4, 0.5) is 4.79 Å². The SMILES string of the molecule is Cc1nsc(C(C)(C)NC(=O)O)n1. The number of nitrogens with one attached hydrogen (secondary N) is 1. The number of amides is 1. The zero-order chi connectivity index (χ0) is 10.1. The lowest BCUT2D eigenvalue weighted by Gasteiger charge is -2.20. The molecule has 1 aromatic rings. The number of aryl methyl sites for hydroxylation is 1. The Morgan fingerprint density at radius 1 is 1.62 bits per heavy atom. The summed E-state index contributed by atoms with van der Waals surface area (Å²) in [4.78, 5) is 14.6. The average Bonchev–Trinajstić information content (AvgIpc) is 2.32. The van der Waals surface area contributed by atoms with E-state index in [-0.39, 0.29) is 0 Å². The van der Waals surface area contributed by atoms with Crippen LogP contribution < -0.4 is 5.32 Å². The Morgan fingerprint density at radius 2 is 2.23 bits per heavy atom. The molecule has 0 unspecified atom stereocenters. The number of hydrogen-bond acceptors (Lipinski definition) is 4. The van der Waals surface area contributed by atoms with Crippen molar-refractivity contribution in [1.29, 1.82) is 0 Å². The Labute approximate surface area is 80.0 Å². The minimum absolute atomic E-state index is 0.667. The first-order chi connectivity index (χ1) is 5.92. The maximum Gasteiger partial charge on any atom is 0.405 e. The molecule has 0 aliphatic carbocycles. The van der Waals surface area contributed by atoms with Crippen LogP contribution in [0.15, 0.2) is 0 Å². The van der Waals surface area contributed by atoms with Crippen molar-refractivity contribution in [3.05, 3.63) is 10.8 Å². The van der Waals surface area contributed by atoms with Gasteiger partial charge < -0.3 is 10.4 Å². The molecule has 0 bridgehead atoms. The lowest BCUT2D eigenvalue weighted by Crippen LogP contribution is -2.39. The number of hydrogen-bond donors (Lipinski definition) is 2. The second-order valence-electron chi connectivity index (χ2n) is 3.20. The molecule has 0 atom stereocenters. The molecule has 1 amide bonds. The van der Waals surface area contributed by atoms with Gasteiger partial charge in [-0.05, 0) is 32.3 Å². The van der Waals surface area contributed by atoms with Crippen LogP contribution in [-0.4, -0.2) is 20.6 Å². The van der Waals surface area contributed by atoms with E-state index in [0.717, 1.165) is 0 Å². The number of rotatable bonds is 2. The summed E-state index contributed by atoms with van der Waals surface area (Å²) in [6, 6.07) is 0. The van der Waals surface area contributed by atoms with Gasteiger partial charge in [0.25, 0.3) is 0 Å². The summed E-state index contributed by atoms with van der Waals surface area (Å²) in [5.41, 5.74) is -0.669. The van der Waals surface area contributed by atoms with Crippen LogP contribution in [0.5, 0.6) is 0 Å². The van der Waals surface area contributed by atoms with Crippen molar-refractivity contribution in [2.45, 2.75) is 26.3 Å². The summed E-state index contributed by atoms with van der Waals surface area (Å²) in [6.07, 6.45) is -1.06. The van der Waals surface area contributed by atoms with E-state index in [0.29, 0.717) is 10.8 Å². The molecule has 1 rings (SSSR count). The molecule has 2 N–H and O–H groups in total. The molecule has 0 aliphatic rings. The lowest BCUT2D eigenvalue weighted by atomic mass is 10.1. The van der Waals surface area contributed by atoms with Gasteiger partial charge in [0, 0.05) is 0 Å². The van der Waals surface area contributed by atoms with E-state index >= 15 is 0 Å². The predicted molar refractivity (Wildman–Crippen MR) is 48.8 cm³/mol. The summed E-state index contributed by atoms with van der Waals surface area (Å²) in [7, 11) is 0. The quantitative estimate of drug-likeness (QED) is 0.757. The van der Waals surface area contributed by atoms with Gasteiger partial charge in [-0.25, -0.2) is 9.78 Å². The molecule has 0 radical (unpaired) electrons. The standard InChI is InChI=1S/C7H11N3O2S/c1-4-8-5(13-10-4)7(2,3)9-6(11)12/h9H,1-3H3,(H,11,12). The van der Waals surface area contributed by atoms with Crippen molar-refractivity contribution < 1.29 is 9.90 Å². The van der Waals surface area contributed by atoms with E-state index in [9.17, 15) is 4.79 Å². The van der Waals surface area contributed by atoms with Crippen LogP contribution >= 0.6 is 11.5 Å². The van der Waals surface area contributed by atoms with E-state index < -0.39 is 11.6 Å². The molecular weight excluding hydrogens is 190 g/mol. The summed E-state index contributed by atoms with van der Waals surface area (Å²) in [6.45, 7) is 5.28. The Morgan fingerprint density at radius 3 is 2.62 bits per heavy atom. The third-order valence-electron chi connectivity index (χ3n) is 1.48. The van der Waals surface area contributed by atoms with E-state index in [4.69, 9.17) is 5.11 Å². The highest BCUT2D eigenvalue weighted by molar-refractivity contribution is 7.05. The maximum absolute atomic E-state index is 10.4. The first kappa shape index (κ1) is 9.91. The van der Waals surface area contributed by atoms with Crippen LogP contribution in [0, 0.1) is 6.92 Å². The topological polar surface area (TPSA) is 75.1 Å². The summed E-state index contributed by atoms with van der Waals surface area (Å²) in [5, 5.41) is 11.6. The van der Waals surface area contributed by atoms with Gasteiger partial charge >= 0.3 is 6.09 Å². The monoisotopic (exact) mass is 201 g/mol. The molecule has 72 valence electrons. The second-order valence-corrected chi connectivity index (χ2v) is 3.95. The highest BCUT2D eigenvalue weighted by Crippen LogP contribution is 2.21. The third-order valence-corrected chi connectivity index (χ3v) is 2.61. The fourth-order valence-electron chi connectivity index (χ4n) is 0.872. The third kappa shape index (κ3) is 2.38. The molecule has 0 spiro atoms. The lowest BCUT2D eigenvalue weighted by molar-refractivity contribution is 0.182. The molecule has 13 heavy (non-hydrogen) atoms. The molecule has 0 saturated heterocycles. The fraction of sp³-hybridized carbons (Fsp3) is 0.571. The minimum atomic E-state index is -1.06. The van der Waals surface area contributed by atoms with Gasteiger partial charge in [-0.3, -0.25) is 0 Å². The van der Waals surface area contributed by atoms with E-state index in [1.807, 2.05) is 0 Å². The van der Waals surface area contributed by atoms with Crippen LogP contribution in [0.25, 0.3) is 0 Å². The first-order valence-corrected chi connectivity index (χ1v) is 4.51. The van der Waals surface area contributed by atoms with Gasteiger partial charge in [0.15, 0.2) is 0 Å². The summed E-state index contributed by atoms with van der Waals surface area (Å²) >= 11 is 1.21. The van der Waals surface area contributed by atoms with Crippen molar-refractivity contribution in [1.82, 2.24) is 14.7 Å². The Bertz CT molecular complexity index is 321. The Kier molecular flexibility index (Phi) is 2.51. The van der Waals surface area contributed by atoms with E-state index in [2.05, 4.69) is 14.7 Å². The molecule has 1 aromatic heterocycles. The van der Waals surface area contributed by atoms with E-state index in [1.165, 1.54) is 11.5 Å². The molecular formula is C7H11N3O2S. The maximum atomic E-state index is 10.4. The normalized spacial score (nSPS) is 11.3. The molecule has 6 heteroatoms. The highest BCUT2D eigenvalue weighted by Gasteiger charge is 2.26. The van der Waals surface area contributed by atoms with Gasteiger partial charge in [-0.2, -0.15) is 4.37 Å². The van der Waals surface area contributed by atoms with Crippen LogP contribution in [0.2, 0.25) is 0 Å². The zero-order valence-electron chi connectivity index (χ0n) is 7.66. The van der Waals surface area contributed by atoms with Crippen LogP contribution in [-0.2, 0) is 5.54 Å². The van der Waals surface area contributed by atoms with Crippen LogP contribution in [0.3, 0.4) is 0 Å². The largest absolute Gasteiger partial charge is 0.465 e. The predicted octanol–water partition coefficient (Wildman–Crippen LogP) is 1.35. The molecule has 0 aliphatic heterocycles. The Hall–Kier alpha value is -1.17. The number of carbonyl (C=O) groups is 1. The second kappa shape index (κ2) is 3.29. The van der Waals surface area contributed by atoms with E-state index in [1.54, 1.807) is 20.8 Å². The summed E-state index contributed by atoms with van der Waals surface area (Å²) in [5.74, 6) is 0.667. The van der Waals surface area contributed by atoms with Gasteiger partial charge in [0.05, 0.1) is 5.54 Å². The molecule has 5 nitrogen and oxygen atoms in total. The number of nitrogens with zero attached hydrogens (tertiary/aromatic N) is 2. The van der Waals surface area contributed by atoms with Crippen molar-refractivity contribution in [2.75, 3.05) is 0 Å². The van der Waals surface area contributed by atoms with Gasteiger partial charge in [-0.1, -0.05) is 0 Å². The number of aromatic nitrogens is 2. The minimum Gasteiger partial charge on any atom is -0.465 e. The van der Waals surface area contributed by atoms with Gasteiger partial charge in [0.1, 0.15) is 10.8 Å². The number of carboxylic acid groups (broad SMARTS) is 1. The van der Waals surface area contributed by atoms with Gasteiger partial charge in [-0.15, -0.1) is 0 Å². The molecule has 0 aromatic carbocycles. The van der Waals surface area contributed by atoms with Crippen molar-refractivity contribution in [3.63, 3.8) is 0 Å². The zero-order valence-corrected chi connectivity index (χ0v) is 8.47. The Balaban J connectivity index is 2.86. The molecule has 0 saturated carbocycles. The summed E-state index contributed by atoms with van der Waals surface area (Å²) < 4.78 is 3.99. The van der Waals surface area contributed by atoms with Crippen molar-refractivity contribution in [3.8, 4) is 0 Å². The average molecular weight is 201 g/mol. The van der Waals surface area contributed by atoms with Gasteiger partial charge in [0.2, 0.25) is 0 Å². The van der Waals surface area contributed by atoms with Crippen molar-refractivity contribution in [2.24, 2.45) is 0 Å². The smallest absolute Gasteiger partial charge is 0.405 e.